The standard InChI is InChI=1S/C12H19FN2O2S/c1-4-15(9(2)3)18(16,17)12-6-5-10(8-14)7-11(12)13/h5-7,9H,4,8,14H2,1-3H3. The molecule has 1 aromatic carbocycles. The van der Waals surface area contributed by atoms with E-state index in [2.05, 4.69) is 0 Å². The number of nitrogens with two attached hydrogens (primary N) is 1. The zero-order chi connectivity index (χ0) is 13.9. The van der Waals surface area contributed by atoms with Crippen LogP contribution in [0, 0.1) is 5.82 Å². The average molecular weight is 274 g/mol. The molecule has 102 valence electrons. The predicted molar refractivity (Wildman–Crippen MR) is 69.0 cm³/mol. The van der Waals surface area contributed by atoms with Gasteiger partial charge < -0.3 is 5.73 Å². The Balaban J connectivity index is 3.28. The summed E-state index contributed by atoms with van der Waals surface area (Å²) in [4.78, 5) is -0.296. The monoisotopic (exact) mass is 274 g/mol. The van der Waals surface area contributed by atoms with E-state index in [0.717, 1.165) is 0 Å². The van der Waals surface area contributed by atoms with Gasteiger partial charge in [0.15, 0.2) is 0 Å². The van der Waals surface area contributed by atoms with Gasteiger partial charge in [-0.05, 0) is 31.5 Å². The summed E-state index contributed by atoms with van der Waals surface area (Å²) >= 11 is 0. The van der Waals surface area contributed by atoms with Crippen LogP contribution < -0.4 is 5.73 Å². The minimum atomic E-state index is -3.79. The number of hydrogen-bond acceptors (Lipinski definition) is 3. The average Bonchev–Trinajstić information content (AvgIpc) is 2.28. The SMILES string of the molecule is CCN(C(C)C)S(=O)(=O)c1ccc(CN)cc1F. The first-order chi connectivity index (χ1) is 8.34. The lowest BCUT2D eigenvalue weighted by molar-refractivity contribution is 0.367. The molecule has 0 aliphatic carbocycles. The van der Waals surface area contributed by atoms with E-state index in [1.807, 2.05) is 0 Å². The minimum absolute atomic E-state index is 0.179. The molecule has 18 heavy (non-hydrogen) atoms. The molecule has 6 heteroatoms. The van der Waals surface area contributed by atoms with E-state index in [-0.39, 0.29) is 17.5 Å². The number of benzene rings is 1. The van der Waals surface area contributed by atoms with E-state index >= 15 is 0 Å². The molecule has 0 saturated heterocycles. The number of hydrogen-bond donors (Lipinski definition) is 1. The van der Waals surface area contributed by atoms with Crippen molar-refractivity contribution in [3.8, 4) is 0 Å². The van der Waals surface area contributed by atoms with Crippen LogP contribution in [0.25, 0.3) is 0 Å². The zero-order valence-corrected chi connectivity index (χ0v) is 11.7. The summed E-state index contributed by atoms with van der Waals surface area (Å²) in [6, 6.07) is 3.76. The molecule has 0 heterocycles. The highest BCUT2D eigenvalue weighted by Gasteiger charge is 2.28. The van der Waals surface area contributed by atoms with Crippen molar-refractivity contribution in [2.24, 2.45) is 5.73 Å². The van der Waals surface area contributed by atoms with Crippen LogP contribution in [0.1, 0.15) is 26.3 Å². The van der Waals surface area contributed by atoms with Crippen LogP contribution in [0.3, 0.4) is 0 Å². The summed E-state index contributed by atoms with van der Waals surface area (Å²) in [5, 5.41) is 0. The van der Waals surface area contributed by atoms with E-state index < -0.39 is 15.8 Å². The molecule has 0 atom stereocenters. The first kappa shape index (κ1) is 15.1. The van der Waals surface area contributed by atoms with E-state index in [9.17, 15) is 12.8 Å². The highest BCUT2D eigenvalue weighted by molar-refractivity contribution is 7.89. The van der Waals surface area contributed by atoms with Crippen molar-refractivity contribution in [1.82, 2.24) is 4.31 Å². The molecule has 0 spiro atoms. The second kappa shape index (κ2) is 5.77. The molecule has 0 aromatic heterocycles. The lowest BCUT2D eigenvalue weighted by Gasteiger charge is -2.24. The second-order valence-corrected chi connectivity index (χ2v) is 6.13. The molecule has 0 aliphatic heterocycles. The van der Waals surface area contributed by atoms with Gasteiger partial charge in [-0.3, -0.25) is 0 Å². The van der Waals surface area contributed by atoms with Crippen LogP contribution in [-0.4, -0.2) is 25.3 Å². The molecule has 4 nitrogen and oxygen atoms in total. The smallest absolute Gasteiger partial charge is 0.246 e. The van der Waals surface area contributed by atoms with Gasteiger partial charge >= 0.3 is 0 Å². The third-order valence-electron chi connectivity index (χ3n) is 2.71. The Morgan fingerprint density at radius 3 is 2.39 bits per heavy atom. The van der Waals surface area contributed by atoms with Gasteiger partial charge in [-0.25, -0.2) is 12.8 Å². The number of rotatable bonds is 5. The molecule has 0 unspecified atom stereocenters. The van der Waals surface area contributed by atoms with Crippen LogP contribution in [0.4, 0.5) is 4.39 Å². The molecule has 0 saturated carbocycles. The fourth-order valence-corrected chi connectivity index (χ4v) is 3.51. The maximum atomic E-state index is 13.8. The number of nitrogens with zero attached hydrogens (tertiary/aromatic N) is 1. The molecular formula is C12H19FN2O2S. The van der Waals surface area contributed by atoms with E-state index in [4.69, 9.17) is 5.73 Å². The lowest BCUT2D eigenvalue weighted by atomic mass is 10.2. The van der Waals surface area contributed by atoms with Crippen molar-refractivity contribution >= 4 is 10.0 Å². The molecule has 2 N–H and O–H groups in total. The maximum Gasteiger partial charge on any atom is 0.246 e. The van der Waals surface area contributed by atoms with Gasteiger partial charge in [-0.15, -0.1) is 0 Å². The first-order valence-electron chi connectivity index (χ1n) is 5.85. The van der Waals surface area contributed by atoms with E-state index in [1.165, 1.54) is 22.5 Å². The molecule has 0 radical (unpaired) electrons. The second-order valence-electron chi connectivity index (χ2n) is 4.27. The fourth-order valence-electron chi connectivity index (χ4n) is 1.82. The summed E-state index contributed by atoms with van der Waals surface area (Å²) in [6.07, 6.45) is 0. The summed E-state index contributed by atoms with van der Waals surface area (Å²) in [5.41, 5.74) is 5.95. The first-order valence-corrected chi connectivity index (χ1v) is 7.29. The van der Waals surface area contributed by atoms with Crippen molar-refractivity contribution < 1.29 is 12.8 Å². The molecule has 0 fully saturated rings. The molecule has 0 bridgehead atoms. The topological polar surface area (TPSA) is 63.4 Å². The van der Waals surface area contributed by atoms with Gasteiger partial charge in [0.05, 0.1) is 0 Å². The Hall–Kier alpha value is -0.980. The quantitative estimate of drug-likeness (QED) is 0.889. The van der Waals surface area contributed by atoms with Gasteiger partial charge in [-0.2, -0.15) is 4.31 Å². The van der Waals surface area contributed by atoms with Crippen LogP contribution in [0.2, 0.25) is 0 Å². The van der Waals surface area contributed by atoms with Crippen molar-refractivity contribution in [2.75, 3.05) is 6.54 Å². The molecule has 0 aliphatic rings. The van der Waals surface area contributed by atoms with Crippen LogP contribution in [0.5, 0.6) is 0 Å². The van der Waals surface area contributed by atoms with E-state index in [1.54, 1.807) is 20.8 Å². The normalized spacial score (nSPS) is 12.4. The summed E-state index contributed by atoms with van der Waals surface area (Å²) < 4.78 is 39.6. The van der Waals surface area contributed by atoms with Crippen molar-refractivity contribution in [2.45, 2.75) is 38.3 Å². The maximum absolute atomic E-state index is 13.8. The predicted octanol–water partition coefficient (Wildman–Crippen LogP) is 1.70. The van der Waals surface area contributed by atoms with Gasteiger partial charge in [0.1, 0.15) is 10.7 Å². The molecule has 1 rings (SSSR count). The van der Waals surface area contributed by atoms with Crippen molar-refractivity contribution in [3.63, 3.8) is 0 Å². The van der Waals surface area contributed by atoms with Crippen LogP contribution in [-0.2, 0) is 16.6 Å². The Morgan fingerprint density at radius 2 is 2.00 bits per heavy atom. The molecular weight excluding hydrogens is 255 g/mol. The third-order valence-corrected chi connectivity index (χ3v) is 4.89. The Kier molecular flexibility index (Phi) is 4.84. The molecule has 1 aromatic rings. The minimum Gasteiger partial charge on any atom is -0.326 e. The Labute approximate surface area is 108 Å². The van der Waals surface area contributed by atoms with E-state index in [0.29, 0.717) is 12.1 Å². The Morgan fingerprint density at radius 1 is 1.39 bits per heavy atom. The number of halogens is 1. The van der Waals surface area contributed by atoms with Gasteiger partial charge in [-0.1, -0.05) is 13.0 Å². The van der Waals surface area contributed by atoms with Gasteiger partial charge in [0.25, 0.3) is 0 Å². The van der Waals surface area contributed by atoms with Crippen molar-refractivity contribution in [1.29, 1.82) is 0 Å². The van der Waals surface area contributed by atoms with Gasteiger partial charge in [0, 0.05) is 19.1 Å². The zero-order valence-electron chi connectivity index (χ0n) is 10.9. The van der Waals surface area contributed by atoms with Crippen molar-refractivity contribution in [3.05, 3.63) is 29.6 Å². The fraction of sp³-hybridized carbons (Fsp3) is 0.500. The Bertz CT molecular complexity index is 515. The van der Waals surface area contributed by atoms with Gasteiger partial charge in [0.2, 0.25) is 10.0 Å². The highest BCUT2D eigenvalue weighted by atomic mass is 32.2. The lowest BCUT2D eigenvalue weighted by Crippen LogP contribution is -2.37. The summed E-state index contributed by atoms with van der Waals surface area (Å²) in [6.45, 7) is 5.72. The number of sulfonamides is 1. The van der Waals surface area contributed by atoms with Crippen LogP contribution >= 0.6 is 0 Å². The largest absolute Gasteiger partial charge is 0.326 e. The van der Waals surface area contributed by atoms with Crippen LogP contribution in [0.15, 0.2) is 23.1 Å². The third kappa shape index (κ3) is 2.88. The highest BCUT2D eigenvalue weighted by Crippen LogP contribution is 2.21. The summed E-state index contributed by atoms with van der Waals surface area (Å²) in [7, 11) is -3.79. The summed E-state index contributed by atoms with van der Waals surface area (Å²) in [5.74, 6) is -0.753. The molecule has 0 amide bonds.